The average Bonchev–Trinajstić information content (AvgIpc) is 3.03. The van der Waals surface area contributed by atoms with Crippen LogP contribution >= 0.6 is 12.4 Å². The second-order valence-corrected chi connectivity index (χ2v) is 5.95. The molecule has 0 aliphatic carbocycles. The molecule has 0 fully saturated rings. The van der Waals surface area contributed by atoms with Gasteiger partial charge in [0.1, 0.15) is 5.82 Å². The summed E-state index contributed by atoms with van der Waals surface area (Å²) in [6, 6.07) is 8.41. The summed E-state index contributed by atoms with van der Waals surface area (Å²) in [5, 5.41) is 10.1. The number of carbonyl (C=O) groups excluding carboxylic acids is 1. The zero-order valence-corrected chi connectivity index (χ0v) is 15.5. The Morgan fingerprint density at radius 1 is 1.28 bits per heavy atom. The maximum absolute atomic E-state index is 13.2. The Hall–Kier alpha value is -1.92. The third-order valence-electron chi connectivity index (χ3n) is 3.94. The lowest BCUT2D eigenvalue weighted by atomic mass is 10.1. The summed E-state index contributed by atoms with van der Waals surface area (Å²) in [4.78, 5) is 13.4. The fourth-order valence-corrected chi connectivity index (χ4v) is 2.54. The lowest BCUT2D eigenvalue weighted by molar-refractivity contribution is -0.128. The molecule has 2 N–H and O–H groups in total. The quantitative estimate of drug-likeness (QED) is 0.669. The number of nitrogens with zero attached hydrogens (tertiary/aromatic N) is 2. The van der Waals surface area contributed by atoms with Gasteiger partial charge in [-0.15, -0.1) is 12.4 Å². The van der Waals surface area contributed by atoms with Crippen molar-refractivity contribution >= 4 is 18.3 Å². The highest BCUT2D eigenvalue weighted by molar-refractivity contribution is 5.85. The summed E-state index contributed by atoms with van der Waals surface area (Å²) in [7, 11) is 3.61. The maximum atomic E-state index is 13.2. The molecule has 1 heterocycles. The van der Waals surface area contributed by atoms with Crippen LogP contribution in [0.2, 0.25) is 0 Å². The number of benzene rings is 1. The molecule has 1 amide bonds. The number of hydrogen-bond acceptors (Lipinski definition) is 3. The van der Waals surface area contributed by atoms with Crippen LogP contribution in [0.3, 0.4) is 0 Å². The Morgan fingerprint density at radius 3 is 2.80 bits per heavy atom. The number of likely N-dealkylation sites (N-methyl/N-ethyl adjacent to an activating group) is 2. The summed E-state index contributed by atoms with van der Waals surface area (Å²) < 4.78 is 13.2. The topological polar surface area (TPSA) is 61.0 Å². The highest BCUT2D eigenvalue weighted by atomic mass is 35.5. The van der Waals surface area contributed by atoms with Gasteiger partial charge in [-0.2, -0.15) is 5.10 Å². The van der Waals surface area contributed by atoms with E-state index in [1.165, 1.54) is 12.1 Å². The molecular weight excluding hydrogens is 343 g/mol. The highest BCUT2D eigenvalue weighted by Crippen LogP contribution is 2.19. The number of rotatable bonds is 9. The maximum Gasteiger partial charge on any atom is 0.236 e. The number of carbonyl (C=O) groups is 1. The minimum atomic E-state index is -0.256. The molecule has 0 spiro atoms. The van der Waals surface area contributed by atoms with E-state index in [0.29, 0.717) is 6.54 Å². The Balaban J connectivity index is 0.00000312. The molecular formula is C18H26ClFN4O. The summed E-state index contributed by atoms with van der Waals surface area (Å²) >= 11 is 0. The van der Waals surface area contributed by atoms with Crippen molar-refractivity contribution in [1.29, 1.82) is 0 Å². The first-order chi connectivity index (χ1) is 11.6. The standard InChI is InChI=1S/C18H25FN4O.ClH/c1-20-13-18(24)23(2)10-5-3-4-9-16-12-17(22-21-16)14-7-6-8-15(19)11-14;/h6-8,11-12,20H,3-5,9-10,13H2,1-2H3,(H,21,22);1H. The van der Waals surface area contributed by atoms with E-state index in [0.717, 1.165) is 49.2 Å². The fraction of sp³-hybridized carbons (Fsp3) is 0.444. The van der Waals surface area contributed by atoms with Gasteiger partial charge in [0.2, 0.25) is 5.91 Å². The van der Waals surface area contributed by atoms with Crippen molar-refractivity contribution in [3.63, 3.8) is 0 Å². The molecule has 0 aliphatic rings. The van der Waals surface area contributed by atoms with Crippen LogP contribution in [0.25, 0.3) is 11.3 Å². The first-order valence-electron chi connectivity index (χ1n) is 8.29. The SMILES string of the molecule is CNCC(=O)N(C)CCCCCc1cc(-c2cccc(F)c2)n[nH]1.Cl. The van der Waals surface area contributed by atoms with Crippen molar-refractivity contribution < 1.29 is 9.18 Å². The van der Waals surface area contributed by atoms with Crippen LogP contribution < -0.4 is 5.32 Å². The van der Waals surface area contributed by atoms with Gasteiger partial charge in [-0.25, -0.2) is 4.39 Å². The molecule has 2 rings (SSSR count). The van der Waals surface area contributed by atoms with Crippen molar-refractivity contribution in [1.82, 2.24) is 20.4 Å². The van der Waals surface area contributed by atoms with Gasteiger partial charge in [-0.1, -0.05) is 18.6 Å². The van der Waals surface area contributed by atoms with E-state index < -0.39 is 0 Å². The molecule has 2 aromatic rings. The number of halogens is 2. The Morgan fingerprint density at radius 2 is 2.08 bits per heavy atom. The van der Waals surface area contributed by atoms with Crippen molar-refractivity contribution in [3.8, 4) is 11.3 Å². The minimum absolute atomic E-state index is 0. The van der Waals surface area contributed by atoms with Gasteiger partial charge in [0.05, 0.1) is 12.2 Å². The van der Waals surface area contributed by atoms with Crippen LogP contribution in [0.4, 0.5) is 4.39 Å². The van der Waals surface area contributed by atoms with E-state index in [9.17, 15) is 9.18 Å². The molecule has 0 unspecified atom stereocenters. The van der Waals surface area contributed by atoms with Crippen LogP contribution in [0.1, 0.15) is 25.0 Å². The second kappa shape index (κ2) is 10.8. The lowest BCUT2D eigenvalue weighted by Gasteiger charge is -2.16. The lowest BCUT2D eigenvalue weighted by Crippen LogP contribution is -2.34. The van der Waals surface area contributed by atoms with Crippen molar-refractivity contribution in [2.24, 2.45) is 0 Å². The van der Waals surface area contributed by atoms with Crippen molar-refractivity contribution in [2.75, 3.05) is 27.2 Å². The van der Waals surface area contributed by atoms with E-state index in [1.807, 2.05) is 19.2 Å². The van der Waals surface area contributed by atoms with Gasteiger partial charge >= 0.3 is 0 Å². The molecule has 7 heteroatoms. The number of amides is 1. The summed E-state index contributed by atoms with van der Waals surface area (Å²) in [5.74, 6) is -0.139. The van der Waals surface area contributed by atoms with Crippen LogP contribution in [-0.2, 0) is 11.2 Å². The molecule has 0 atom stereocenters. The molecule has 25 heavy (non-hydrogen) atoms. The van der Waals surface area contributed by atoms with E-state index in [4.69, 9.17) is 0 Å². The monoisotopic (exact) mass is 368 g/mol. The molecule has 5 nitrogen and oxygen atoms in total. The zero-order valence-electron chi connectivity index (χ0n) is 14.7. The Labute approximate surface area is 154 Å². The van der Waals surface area contributed by atoms with E-state index in [-0.39, 0.29) is 24.1 Å². The first kappa shape index (κ1) is 21.1. The van der Waals surface area contributed by atoms with Gasteiger partial charge in [-0.3, -0.25) is 9.89 Å². The highest BCUT2D eigenvalue weighted by Gasteiger charge is 2.07. The molecule has 138 valence electrons. The molecule has 0 saturated heterocycles. The number of nitrogens with one attached hydrogen (secondary N) is 2. The van der Waals surface area contributed by atoms with Gasteiger partial charge in [-0.05, 0) is 44.5 Å². The number of unbranched alkanes of at least 4 members (excludes halogenated alkanes) is 2. The third kappa shape index (κ3) is 6.84. The number of aryl methyl sites for hydroxylation is 1. The third-order valence-corrected chi connectivity index (χ3v) is 3.94. The summed E-state index contributed by atoms with van der Waals surface area (Å²) in [6.07, 6.45) is 3.96. The predicted octanol–water partition coefficient (Wildman–Crippen LogP) is 3.03. The molecule has 0 radical (unpaired) electrons. The smallest absolute Gasteiger partial charge is 0.236 e. The molecule has 1 aromatic carbocycles. The second-order valence-electron chi connectivity index (χ2n) is 5.95. The largest absolute Gasteiger partial charge is 0.345 e. The molecule has 0 aliphatic heterocycles. The normalized spacial score (nSPS) is 10.4. The van der Waals surface area contributed by atoms with Crippen LogP contribution in [0, 0.1) is 5.82 Å². The van der Waals surface area contributed by atoms with Crippen molar-refractivity contribution in [2.45, 2.75) is 25.7 Å². The minimum Gasteiger partial charge on any atom is -0.345 e. The number of H-pyrrole nitrogens is 1. The van der Waals surface area contributed by atoms with Crippen molar-refractivity contribution in [3.05, 3.63) is 41.8 Å². The van der Waals surface area contributed by atoms with E-state index in [2.05, 4.69) is 15.5 Å². The first-order valence-corrected chi connectivity index (χ1v) is 8.29. The van der Waals surface area contributed by atoms with Gasteiger partial charge in [0.25, 0.3) is 0 Å². The van der Waals surface area contributed by atoms with E-state index in [1.54, 1.807) is 18.0 Å². The number of hydrogen-bond donors (Lipinski definition) is 2. The van der Waals surface area contributed by atoms with Gasteiger partial charge in [0, 0.05) is 24.8 Å². The Bertz CT molecular complexity index is 662. The average molecular weight is 369 g/mol. The fourth-order valence-electron chi connectivity index (χ4n) is 2.54. The molecule has 0 saturated carbocycles. The number of aromatic amines is 1. The zero-order chi connectivity index (χ0) is 17.4. The summed E-state index contributed by atoms with van der Waals surface area (Å²) in [6.45, 7) is 1.16. The van der Waals surface area contributed by atoms with Crippen LogP contribution in [-0.4, -0.2) is 48.2 Å². The predicted molar refractivity (Wildman–Crippen MR) is 100 cm³/mol. The van der Waals surface area contributed by atoms with Gasteiger partial charge in [0.15, 0.2) is 0 Å². The molecule has 1 aromatic heterocycles. The van der Waals surface area contributed by atoms with Crippen LogP contribution in [0.15, 0.2) is 30.3 Å². The molecule has 0 bridgehead atoms. The van der Waals surface area contributed by atoms with E-state index >= 15 is 0 Å². The number of aromatic nitrogens is 2. The Kier molecular flexibility index (Phi) is 9.16. The van der Waals surface area contributed by atoms with Crippen LogP contribution in [0.5, 0.6) is 0 Å². The van der Waals surface area contributed by atoms with Gasteiger partial charge < -0.3 is 10.2 Å². The summed E-state index contributed by atoms with van der Waals surface area (Å²) in [5.41, 5.74) is 2.60.